The van der Waals surface area contributed by atoms with E-state index in [9.17, 15) is 9.59 Å². The summed E-state index contributed by atoms with van der Waals surface area (Å²) in [7, 11) is 0. The third-order valence-electron chi connectivity index (χ3n) is 3.75. The van der Waals surface area contributed by atoms with Gasteiger partial charge in [0.25, 0.3) is 5.91 Å². The zero-order chi connectivity index (χ0) is 17.3. The molecule has 6 nitrogen and oxygen atoms in total. The van der Waals surface area contributed by atoms with E-state index in [0.717, 1.165) is 16.9 Å². The maximum Gasteiger partial charge on any atom is 0.256 e. The summed E-state index contributed by atoms with van der Waals surface area (Å²) < 4.78 is 0. The Balaban J connectivity index is 1.88. The number of hydrogen-bond donors (Lipinski definition) is 3. The summed E-state index contributed by atoms with van der Waals surface area (Å²) in [5.74, 6) is -0.747. The van der Waals surface area contributed by atoms with Crippen LogP contribution in [0.3, 0.4) is 0 Å². The molecule has 0 spiro atoms. The van der Waals surface area contributed by atoms with Crippen LogP contribution in [0, 0.1) is 6.92 Å². The molecule has 1 heterocycles. The summed E-state index contributed by atoms with van der Waals surface area (Å²) in [5.41, 5.74) is 8.77. The van der Waals surface area contributed by atoms with Gasteiger partial charge >= 0.3 is 0 Å². The molecule has 0 radical (unpaired) electrons. The molecule has 2 aromatic rings. The molecule has 0 bridgehead atoms. The van der Waals surface area contributed by atoms with Gasteiger partial charge in [0.05, 0.1) is 22.1 Å². The molecule has 24 heavy (non-hydrogen) atoms. The first-order valence-electron chi connectivity index (χ1n) is 7.45. The lowest BCUT2D eigenvalue weighted by Gasteiger charge is -2.26. The smallest absolute Gasteiger partial charge is 0.256 e. The number of aryl methyl sites for hydroxylation is 1. The van der Waals surface area contributed by atoms with Crippen molar-refractivity contribution in [3.63, 3.8) is 0 Å². The minimum Gasteiger partial charge on any atom is -0.322 e. The van der Waals surface area contributed by atoms with Crippen LogP contribution in [0.15, 0.2) is 42.5 Å². The molecule has 0 aliphatic carbocycles. The molecular formula is C17H17ClN4O2. The normalized spacial score (nSPS) is 13.9. The van der Waals surface area contributed by atoms with Gasteiger partial charge in [0, 0.05) is 0 Å². The molecule has 0 aromatic heterocycles. The first-order valence-corrected chi connectivity index (χ1v) is 7.82. The molecule has 1 amide bonds. The highest BCUT2D eigenvalue weighted by Crippen LogP contribution is 2.30. The lowest BCUT2D eigenvalue weighted by Crippen LogP contribution is -2.54. The monoisotopic (exact) mass is 344 g/mol. The number of hydrogen-bond acceptors (Lipinski definition) is 5. The lowest BCUT2D eigenvalue weighted by atomic mass is 10.1. The Morgan fingerprint density at radius 2 is 1.96 bits per heavy atom. The minimum atomic E-state index is -1.03. The fraction of sp³-hybridized carbons (Fsp3) is 0.176. The number of carbonyl (C=O) groups excluding carboxylic acids is 2. The van der Waals surface area contributed by atoms with E-state index in [1.54, 1.807) is 12.1 Å². The van der Waals surface area contributed by atoms with Gasteiger partial charge in [0.15, 0.2) is 11.8 Å². The summed E-state index contributed by atoms with van der Waals surface area (Å²) >= 11 is 6.12. The largest absolute Gasteiger partial charge is 0.322 e. The van der Waals surface area contributed by atoms with Crippen LogP contribution in [0.1, 0.15) is 12.5 Å². The van der Waals surface area contributed by atoms with Gasteiger partial charge in [-0.2, -0.15) is 0 Å². The van der Waals surface area contributed by atoms with Gasteiger partial charge < -0.3 is 10.7 Å². The molecule has 2 aromatic carbocycles. The first-order chi connectivity index (χ1) is 11.5. The Labute approximate surface area is 144 Å². The van der Waals surface area contributed by atoms with Gasteiger partial charge in [-0.15, -0.1) is 5.53 Å². The van der Waals surface area contributed by atoms with Crippen molar-refractivity contribution >= 4 is 40.4 Å². The highest BCUT2D eigenvalue weighted by Gasteiger charge is 2.35. The van der Waals surface area contributed by atoms with Gasteiger partial charge in [0.1, 0.15) is 0 Å². The second-order valence-corrected chi connectivity index (χ2v) is 6.02. The number of ketones is 1. The summed E-state index contributed by atoms with van der Waals surface area (Å²) in [6.45, 7) is 3.28. The van der Waals surface area contributed by atoms with Gasteiger partial charge in [-0.3, -0.25) is 14.6 Å². The van der Waals surface area contributed by atoms with Crippen LogP contribution in [0.25, 0.3) is 0 Å². The van der Waals surface area contributed by atoms with Gasteiger partial charge in [-0.1, -0.05) is 29.8 Å². The Morgan fingerprint density at radius 3 is 2.71 bits per heavy atom. The van der Waals surface area contributed by atoms with E-state index >= 15 is 0 Å². The van der Waals surface area contributed by atoms with Crippen molar-refractivity contribution in [1.29, 1.82) is 0 Å². The van der Waals surface area contributed by atoms with Crippen LogP contribution in [0.2, 0.25) is 5.02 Å². The van der Waals surface area contributed by atoms with Crippen molar-refractivity contribution < 1.29 is 9.59 Å². The predicted molar refractivity (Wildman–Crippen MR) is 95.0 cm³/mol. The molecule has 1 aliphatic heterocycles. The molecule has 1 aliphatic rings. The van der Waals surface area contributed by atoms with E-state index in [1.165, 1.54) is 11.9 Å². The second-order valence-electron chi connectivity index (χ2n) is 5.61. The van der Waals surface area contributed by atoms with E-state index in [2.05, 4.69) is 16.3 Å². The van der Waals surface area contributed by atoms with Crippen molar-refractivity contribution in [2.75, 3.05) is 15.8 Å². The van der Waals surface area contributed by atoms with E-state index in [1.807, 2.05) is 37.3 Å². The molecule has 3 rings (SSSR count). The fourth-order valence-corrected chi connectivity index (χ4v) is 2.76. The van der Waals surface area contributed by atoms with Crippen molar-refractivity contribution in [2.45, 2.75) is 19.9 Å². The third-order valence-corrected chi connectivity index (χ3v) is 4.08. The van der Waals surface area contributed by atoms with E-state index in [0.29, 0.717) is 10.7 Å². The predicted octanol–water partition coefficient (Wildman–Crippen LogP) is 2.90. The summed E-state index contributed by atoms with van der Waals surface area (Å²) in [4.78, 5) is 24.8. The maximum atomic E-state index is 12.7. The van der Waals surface area contributed by atoms with Crippen molar-refractivity contribution in [1.82, 2.24) is 5.53 Å². The van der Waals surface area contributed by atoms with E-state index in [4.69, 9.17) is 11.6 Å². The summed E-state index contributed by atoms with van der Waals surface area (Å²) in [6.07, 6.45) is 0. The Bertz CT molecular complexity index is 809. The van der Waals surface area contributed by atoms with Crippen LogP contribution in [0.4, 0.5) is 17.1 Å². The first kappa shape index (κ1) is 16.3. The molecule has 1 unspecified atom stereocenters. The maximum absolute atomic E-state index is 12.7. The number of anilines is 3. The van der Waals surface area contributed by atoms with Gasteiger partial charge in [-0.05, 0) is 43.7 Å². The number of rotatable bonds is 4. The van der Waals surface area contributed by atoms with Crippen LogP contribution in [0.5, 0.6) is 0 Å². The van der Waals surface area contributed by atoms with E-state index < -0.39 is 11.9 Å². The zero-order valence-electron chi connectivity index (χ0n) is 13.3. The van der Waals surface area contributed by atoms with Crippen molar-refractivity contribution in [3.8, 4) is 0 Å². The van der Waals surface area contributed by atoms with Crippen LogP contribution in [-0.4, -0.2) is 17.7 Å². The van der Waals surface area contributed by atoms with Crippen LogP contribution < -0.4 is 21.3 Å². The Hall–Kier alpha value is -2.57. The number of nitrogens with one attached hydrogen (secondary N) is 3. The molecule has 0 saturated heterocycles. The van der Waals surface area contributed by atoms with Gasteiger partial charge in [-0.25, -0.2) is 0 Å². The number of para-hydroxylation sites is 2. The molecule has 3 N–H and O–H groups in total. The average Bonchev–Trinajstić information content (AvgIpc) is 2.95. The number of carbonyl (C=O) groups is 2. The van der Waals surface area contributed by atoms with E-state index in [-0.39, 0.29) is 5.78 Å². The van der Waals surface area contributed by atoms with Gasteiger partial charge in [0.2, 0.25) is 0 Å². The van der Waals surface area contributed by atoms with Crippen molar-refractivity contribution in [3.05, 3.63) is 53.1 Å². The highest BCUT2D eigenvalue weighted by atomic mass is 35.5. The second kappa shape index (κ2) is 6.51. The number of halogens is 1. The Morgan fingerprint density at radius 1 is 1.21 bits per heavy atom. The summed E-state index contributed by atoms with van der Waals surface area (Å²) in [6, 6.07) is 11.7. The zero-order valence-corrected chi connectivity index (χ0v) is 14.0. The SMILES string of the molecule is CC(=O)C(C(=O)Nc1cc(C)ccc1Cl)N1NNc2ccccc21. The Kier molecular flexibility index (Phi) is 4.42. The quantitative estimate of drug-likeness (QED) is 0.744. The standard InChI is InChI=1S/C17H17ClN4O2/c1-10-7-8-12(18)14(9-10)19-17(24)16(11(2)23)22-15-6-4-3-5-13(15)20-21-22/h3-9,16,20-21H,1-2H3,(H,19,24). The van der Waals surface area contributed by atoms with Crippen molar-refractivity contribution in [2.24, 2.45) is 0 Å². The highest BCUT2D eigenvalue weighted by molar-refractivity contribution is 6.34. The molecule has 124 valence electrons. The molecule has 7 heteroatoms. The molecule has 0 saturated carbocycles. The lowest BCUT2D eigenvalue weighted by molar-refractivity contribution is -0.126. The molecule has 1 atom stereocenters. The molecule has 0 fully saturated rings. The molecular weight excluding hydrogens is 328 g/mol. The minimum absolute atomic E-state index is 0.290. The topological polar surface area (TPSA) is 73.5 Å². The number of nitrogens with zero attached hydrogens (tertiary/aromatic N) is 1. The number of hydrazine groups is 2. The number of fused-ring (bicyclic) bond motifs is 1. The third kappa shape index (κ3) is 3.06. The average molecular weight is 345 g/mol. The van der Waals surface area contributed by atoms with Crippen LogP contribution in [-0.2, 0) is 9.59 Å². The summed E-state index contributed by atoms with van der Waals surface area (Å²) in [5, 5.41) is 4.67. The van der Waals surface area contributed by atoms with Crippen LogP contribution >= 0.6 is 11.6 Å². The number of Topliss-reactive ketones (excluding diaryl/α,β-unsaturated/α-hetero) is 1. The fourth-order valence-electron chi connectivity index (χ4n) is 2.59. The number of benzene rings is 2. The number of amides is 1.